The van der Waals surface area contributed by atoms with E-state index in [-0.39, 0.29) is 11.5 Å². The molecule has 3 aromatic rings. The van der Waals surface area contributed by atoms with Crippen LogP contribution in [0.3, 0.4) is 0 Å². The number of rotatable bonds is 12. The molecule has 0 spiro atoms. The number of benzene rings is 3. The molecule has 0 atom stereocenters. The molecule has 0 heterocycles. The van der Waals surface area contributed by atoms with Crippen molar-refractivity contribution in [2.24, 2.45) is 5.10 Å². The number of halogens is 2. The topological polar surface area (TPSA) is 73.8 Å². The minimum Gasteiger partial charge on any atom is -0.321 e. The zero-order valence-electron chi connectivity index (χ0n) is 20.8. The van der Waals surface area contributed by atoms with E-state index in [1.54, 1.807) is 30.3 Å². The molecule has 0 unspecified atom stereocenters. The third-order valence-electron chi connectivity index (χ3n) is 5.61. The van der Waals surface area contributed by atoms with Crippen LogP contribution in [-0.4, -0.2) is 48.3 Å². The van der Waals surface area contributed by atoms with Gasteiger partial charge in [0, 0.05) is 28.6 Å². The van der Waals surface area contributed by atoms with Gasteiger partial charge in [-0.3, -0.25) is 9.59 Å². The van der Waals surface area contributed by atoms with Crippen LogP contribution in [0.25, 0.3) is 0 Å². The van der Waals surface area contributed by atoms with Crippen LogP contribution in [0.15, 0.2) is 71.8 Å². The molecule has 2 N–H and O–H groups in total. The molecule has 0 saturated carbocycles. The molecule has 3 aromatic carbocycles. The highest BCUT2D eigenvalue weighted by Crippen LogP contribution is 2.22. The number of hydrazone groups is 1. The Morgan fingerprint density at radius 3 is 2.57 bits per heavy atom. The fourth-order valence-electron chi connectivity index (χ4n) is 3.55. The quantitative estimate of drug-likeness (QED) is 0.166. The number of amides is 2. The van der Waals surface area contributed by atoms with E-state index in [0.717, 1.165) is 36.7 Å². The molecule has 0 bridgehead atoms. The standard InChI is InChI=1S/C28H30ClFN4O2S/c1-3-34(4-2)13-14-37-19-21-8-5-9-22(15-21)27(35)32-26-12-11-23(29)17-25(26)28(36)33-31-18-20-7-6-10-24(30)16-20/h5-12,15-18H,3-4,13-14,19H2,1-2H3,(H,32,35)(H,33,36)/b31-18+. The van der Waals surface area contributed by atoms with Gasteiger partial charge < -0.3 is 10.2 Å². The van der Waals surface area contributed by atoms with Gasteiger partial charge in [0.1, 0.15) is 5.82 Å². The minimum absolute atomic E-state index is 0.153. The number of hydrogen-bond acceptors (Lipinski definition) is 5. The highest BCUT2D eigenvalue weighted by Gasteiger charge is 2.15. The smallest absolute Gasteiger partial charge is 0.273 e. The minimum atomic E-state index is -0.566. The number of carbonyl (C=O) groups is 2. The summed E-state index contributed by atoms with van der Waals surface area (Å²) >= 11 is 7.93. The second kappa shape index (κ2) is 14.5. The number of carbonyl (C=O) groups excluding carboxylic acids is 2. The van der Waals surface area contributed by atoms with Crippen LogP contribution in [0.4, 0.5) is 10.1 Å². The molecular formula is C28H30ClFN4O2S. The average molecular weight is 541 g/mol. The molecule has 0 aromatic heterocycles. The number of nitrogens with zero attached hydrogens (tertiary/aromatic N) is 2. The van der Waals surface area contributed by atoms with E-state index in [9.17, 15) is 14.0 Å². The molecule has 9 heteroatoms. The summed E-state index contributed by atoms with van der Waals surface area (Å²) < 4.78 is 13.3. The lowest BCUT2D eigenvalue weighted by Crippen LogP contribution is -2.25. The van der Waals surface area contributed by atoms with Crippen molar-refractivity contribution in [3.63, 3.8) is 0 Å². The number of nitrogens with one attached hydrogen (secondary N) is 2. The van der Waals surface area contributed by atoms with Gasteiger partial charge in [-0.2, -0.15) is 16.9 Å². The Bertz CT molecular complexity index is 1250. The van der Waals surface area contributed by atoms with Crippen molar-refractivity contribution in [1.29, 1.82) is 0 Å². The van der Waals surface area contributed by atoms with Gasteiger partial charge in [-0.15, -0.1) is 0 Å². The lowest BCUT2D eigenvalue weighted by Gasteiger charge is -2.17. The maximum Gasteiger partial charge on any atom is 0.273 e. The zero-order valence-corrected chi connectivity index (χ0v) is 22.4. The van der Waals surface area contributed by atoms with Gasteiger partial charge >= 0.3 is 0 Å². The van der Waals surface area contributed by atoms with Crippen LogP contribution in [0.1, 0.15) is 45.7 Å². The molecule has 6 nitrogen and oxygen atoms in total. The Labute approximate surface area is 226 Å². The molecule has 37 heavy (non-hydrogen) atoms. The van der Waals surface area contributed by atoms with E-state index in [0.29, 0.717) is 21.8 Å². The summed E-state index contributed by atoms with van der Waals surface area (Å²) in [5.41, 5.74) is 4.88. The Hall–Kier alpha value is -3.20. The van der Waals surface area contributed by atoms with Crippen molar-refractivity contribution in [2.75, 3.05) is 30.7 Å². The van der Waals surface area contributed by atoms with Crippen LogP contribution < -0.4 is 10.7 Å². The van der Waals surface area contributed by atoms with Crippen molar-refractivity contribution >= 4 is 47.1 Å². The Balaban J connectivity index is 1.64. The van der Waals surface area contributed by atoms with Gasteiger partial charge in [-0.1, -0.05) is 49.7 Å². The van der Waals surface area contributed by atoms with E-state index in [2.05, 4.69) is 34.6 Å². The van der Waals surface area contributed by atoms with Gasteiger partial charge in [0.15, 0.2) is 0 Å². The fraction of sp³-hybridized carbons (Fsp3) is 0.250. The zero-order chi connectivity index (χ0) is 26.6. The summed E-state index contributed by atoms with van der Waals surface area (Å²) in [6.07, 6.45) is 1.33. The first kappa shape index (κ1) is 28.4. The van der Waals surface area contributed by atoms with Crippen molar-refractivity contribution in [3.05, 3.63) is 99.8 Å². The second-order valence-electron chi connectivity index (χ2n) is 8.18. The molecule has 0 fully saturated rings. The lowest BCUT2D eigenvalue weighted by molar-refractivity contribution is 0.0956. The molecule has 194 valence electrons. The Morgan fingerprint density at radius 1 is 1.03 bits per heavy atom. The average Bonchev–Trinajstić information content (AvgIpc) is 2.90. The summed E-state index contributed by atoms with van der Waals surface area (Å²) in [5.74, 6) is 0.513. The summed E-state index contributed by atoms with van der Waals surface area (Å²) in [7, 11) is 0. The molecule has 0 aliphatic heterocycles. The molecular weight excluding hydrogens is 511 g/mol. The Kier molecular flexibility index (Phi) is 11.1. The fourth-order valence-corrected chi connectivity index (χ4v) is 4.67. The largest absolute Gasteiger partial charge is 0.321 e. The maximum absolute atomic E-state index is 13.3. The molecule has 2 amide bonds. The van der Waals surface area contributed by atoms with Crippen molar-refractivity contribution in [3.8, 4) is 0 Å². The van der Waals surface area contributed by atoms with Crippen LogP contribution in [0.5, 0.6) is 0 Å². The van der Waals surface area contributed by atoms with E-state index < -0.39 is 11.7 Å². The molecule has 0 aliphatic rings. The first-order chi connectivity index (χ1) is 17.9. The molecule has 3 rings (SSSR count). The number of thioether (sulfide) groups is 1. The molecule has 0 saturated heterocycles. The highest BCUT2D eigenvalue weighted by atomic mass is 35.5. The van der Waals surface area contributed by atoms with Gasteiger partial charge in [0.25, 0.3) is 11.8 Å². The van der Waals surface area contributed by atoms with E-state index >= 15 is 0 Å². The van der Waals surface area contributed by atoms with E-state index in [1.807, 2.05) is 30.0 Å². The molecule has 0 aliphatic carbocycles. The van der Waals surface area contributed by atoms with Crippen LogP contribution in [-0.2, 0) is 5.75 Å². The van der Waals surface area contributed by atoms with Crippen molar-refractivity contribution in [2.45, 2.75) is 19.6 Å². The summed E-state index contributed by atoms with van der Waals surface area (Å²) in [6, 6.07) is 17.9. The van der Waals surface area contributed by atoms with Gasteiger partial charge in [0.05, 0.1) is 17.5 Å². The van der Waals surface area contributed by atoms with Crippen molar-refractivity contribution in [1.82, 2.24) is 10.3 Å². The monoisotopic (exact) mass is 540 g/mol. The van der Waals surface area contributed by atoms with Crippen LogP contribution in [0, 0.1) is 5.82 Å². The normalized spacial score (nSPS) is 11.2. The van der Waals surface area contributed by atoms with Crippen LogP contribution >= 0.6 is 23.4 Å². The SMILES string of the molecule is CCN(CC)CCSCc1cccc(C(=O)Nc2ccc(Cl)cc2C(=O)N/N=C/c2cccc(F)c2)c1. The van der Waals surface area contributed by atoms with Crippen LogP contribution in [0.2, 0.25) is 5.02 Å². The number of hydrogen-bond donors (Lipinski definition) is 2. The molecule has 0 radical (unpaired) electrons. The maximum atomic E-state index is 13.3. The highest BCUT2D eigenvalue weighted by molar-refractivity contribution is 7.98. The predicted molar refractivity (Wildman–Crippen MR) is 151 cm³/mol. The van der Waals surface area contributed by atoms with Gasteiger partial charge in [-0.25, -0.2) is 9.82 Å². The van der Waals surface area contributed by atoms with E-state index in [1.165, 1.54) is 24.4 Å². The summed E-state index contributed by atoms with van der Waals surface area (Å²) in [4.78, 5) is 28.1. The second-order valence-corrected chi connectivity index (χ2v) is 9.72. The third kappa shape index (κ3) is 9.00. The summed E-state index contributed by atoms with van der Waals surface area (Å²) in [6.45, 7) is 7.43. The predicted octanol–water partition coefficient (Wildman–Crippen LogP) is 6.07. The summed E-state index contributed by atoms with van der Waals surface area (Å²) in [5, 5.41) is 7.02. The number of anilines is 1. The third-order valence-corrected chi connectivity index (χ3v) is 6.85. The Morgan fingerprint density at radius 2 is 1.81 bits per heavy atom. The first-order valence-corrected chi connectivity index (χ1v) is 13.5. The van der Waals surface area contributed by atoms with E-state index in [4.69, 9.17) is 11.6 Å². The van der Waals surface area contributed by atoms with Gasteiger partial charge in [0.2, 0.25) is 0 Å². The lowest BCUT2D eigenvalue weighted by atomic mass is 10.1. The van der Waals surface area contributed by atoms with Crippen molar-refractivity contribution < 1.29 is 14.0 Å². The van der Waals surface area contributed by atoms with Gasteiger partial charge in [-0.05, 0) is 66.7 Å². The first-order valence-electron chi connectivity index (χ1n) is 12.0.